The van der Waals surface area contributed by atoms with Crippen molar-refractivity contribution in [2.24, 2.45) is 4.40 Å². The topological polar surface area (TPSA) is 34.5 Å². The number of pyridine rings is 1. The fourth-order valence-electron chi connectivity index (χ4n) is 0.666. The predicted octanol–water partition coefficient (Wildman–Crippen LogP) is 3.84. The Morgan fingerprint density at radius 1 is 1.54 bits per heavy atom. The maximum Gasteiger partial charge on any atom is 0.245 e. The molecule has 1 heterocycles. The smallest absolute Gasteiger partial charge is 0.245 e. The summed E-state index contributed by atoms with van der Waals surface area (Å²) in [6.45, 7) is 0. The first-order chi connectivity index (χ1) is 6.38. The molecule has 13 heavy (non-hydrogen) atoms. The summed E-state index contributed by atoms with van der Waals surface area (Å²) in [5.41, 5.74) is 0.885. The van der Waals surface area contributed by atoms with Crippen molar-refractivity contribution in [2.45, 2.75) is 0 Å². The summed E-state index contributed by atoms with van der Waals surface area (Å²) in [5, 5.41) is 0. The summed E-state index contributed by atoms with van der Waals surface area (Å²) in [4.78, 5) is 3.99. The maximum atomic E-state index is 5.26. The molecule has 0 amide bonds. The van der Waals surface area contributed by atoms with Crippen LogP contribution in [0.5, 0.6) is 0 Å². The van der Waals surface area contributed by atoms with E-state index in [0.717, 1.165) is 5.56 Å². The minimum Gasteiger partial charge on any atom is -0.394 e. The third-order valence-electron chi connectivity index (χ3n) is 1.14. The number of rotatable bonds is 3. The zero-order chi connectivity index (χ0) is 9.52. The van der Waals surface area contributed by atoms with Crippen molar-refractivity contribution in [3.63, 3.8) is 0 Å². The lowest BCUT2D eigenvalue weighted by molar-refractivity contribution is 0.661. The summed E-state index contributed by atoms with van der Waals surface area (Å²) in [6.07, 6.45) is 3.44. The van der Waals surface area contributed by atoms with Crippen LogP contribution in [-0.4, -0.2) is 10.9 Å². The van der Waals surface area contributed by atoms with Crippen LogP contribution in [0.3, 0.4) is 0 Å². The number of hydrogen-bond acceptors (Lipinski definition) is 5. The van der Waals surface area contributed by atoms with Gasteiger partial charge in [-0.3, -0.25) is 4.98 Å². The van der Waals surface area contributed by atoms with Crippen LogP contribution >= 0.6 is 60.7 Å². The summed E-state index contributed by atoms with van der Waals surface area (Å²) >= 11 is 4.14. The van der Waals surface area contributed by atoms with E-state index in [-0.39, 0.29) is 0 Å². The molecular weight excluding hydrogens is 434 g/mol. The average molecular weight is 438 g/mol. The van der Waals surface area contributed by atoms with Crippen LogP contribution in [-0.2, 0) is 4.18 Å². The molecule has 0 saturated heterocycles. The van der Waals surface area contributed by atoms with Crippen molar-refractivity contribution in [2.75, 3.05) is 0 Å². The second kappa shape index (κ2) is 7.12. The van der Waals surface area contributed by atoms with Crippen LogP contribution in [0.15, 0.2) is 28.9 Å². The lowest BCUT2D eigenvalue weighted by Gasteiger charge is -2.01. The summed E-state index contributed by atoms with van der Waals surface area (Å²) < 4.78 is 9.37. The molecule has 0 aliphatic heterocycles. The van der Waals surface area contributed by atoms with Gasteiger partial charge in [-0.05, 0) is 12.1 Å². The molecule has 0 fully saturated rings. The van der Waals surface area contributed by atoms with Crippen LogP contribution in [0.1, 0.15) is 5.56 Å². The molecule has 0 saturated carbocycles. The summed E-state index contributed by atoms with van der Waals surface area (Å²) in [7, 11) is 2.57. The first-order valence-corrected chi connectivity index (χ1v) is 9.70. The molecule has 0 spiro atoms. The molecule has 0 aliphatic rings. The Labute approximate surface area is 109 Å². The molecule has 70 valence electrons. The average Bonchev–Trinajstić information content (AvgIpc) is 2.19. The molecule has 0 unspecified atom stereocenters. The molecule has 7 heteroatoms. The molecule has 1 aromatic rings. The highest BCUT2D eigenvalue weighted by Gasteiger charge is 2.04. The second-order valence-corrected chi connectivity index (χ2v) is 4.73. The van der Waals surface area contributed by atoms with Gasteiger partial charge in [0, 0.05) is 54.8 Å². The predicted molar refractivity (Wildman–Crippen MR) is 75.1 cm³/mol. The first-order valence-electron chi connectivity index (χ1n) is 3.10. The van der Waals surface area contributed by atoms with Crippen LogP contribution in [0.2, 0.25) is 0 Å². The molecule has 1 aromatic heterocycles. The molecule has 0 N–H and O–H groups in total. The standard InChI is InChI=1S/C6H4I2N2OS2/c7-12-10-6(11-13-8)5-2-1-3-9-4-5/h1-4H. The van der Waals surface area contributed by atoms with E-state index >= 15 is 0 Å². The van der Waals surface area contributed by atoms with E-state index in [1.807, 2.05) is 12.1 Å². The van der Waals surface area contributed by atoms with Gasteiger partial charge in [-0.2, -0.15) is 4.40 Å². The van der Waals surface area contributed by atoms with Gasteiger partial charge in [0.25, 0.3) is 0 Å². The van der Waals surface area contributed by atoms with Crippen LogP contribution in [0.25, 0.3) is 0 Å². The van der Waals surface area contributed by atoms with Gasteiger partial charge in [0.05, 0.1) is 14.7 Å². The fourth-order valence-corrected chi connectivity index (χ4v) is 2.16. The van der Waals surface area contributed by atoms with E-state index in [1.165, 1.54) is 18.3 Å². The summed E-state index contributed by atoms with van der Waals surface area (Å²) in [5.74, 6) is 0.590. The van der Waals surface area contributed by atoms with Crippen molar-refractivity contribution < 1.29 is 4.18 Å². The Bertz CT molecular complexity index is 283. The second-order valence-electron chi connectivity index (χ2n) is 1.85. The largest absolute Gasteiger partial charge is 0.394 e. The van der Waals surface area contributed by atoms with Gasteiger partial charge in [0.2, 0.25) is 5.90 Å². The highest BCUT2D eigenvalue weighted by atomic mass is 127. The lowest BCUT2D eigenvalue weighted by atomic mass is 10.3. The Balaban J connectivity index is 2.83. The molecule has 0 aromatic carbocycles. The molecule has 0 radical (unpaired) electrons. The quantitative estimate of drug-likeness (QED) is 0.236. The van der Waals surface area contributed by atoms with Crippen molar-refractivity contribution in [3.8, 4) is 0 Å². The molecule has 0 aliphatic carbocycles. The van der Waals surface area contributed by atoms with Crippen molar-refractivity contribution in [1.82, 2.24) is 4.98 Å². The van der Waals surface area contributed by atoms with E-state index in [1.54, 1.807) is 12.4 Å². The van der Waals surface area contributed by atoms with Gasteiger partial charge in [-0.25, -0.2) is 0 Å². The Kier molecular flexibility index (Phi) is 6.49. The monoisotopic (exact) mass is 438 g/mol. The van der Waals surface area contributed by atoms with Crippen LogP contribution in [0, 0.1) is 0 Å². The van der Waals surface area contributed by atoms with Gasteiger partial charge in [-0.1, -0.05) is 0 Å². The fraction of sp³-hybridized carbons (Fsp3) is 0. The third kappa shape index (κ3) is 4.21. The highest BCUT2D eigenvalue weighted by molar-refractivity contribution is 14.2. The molecule has 1 rings (SSSR count). The summed E-state index contributed by atoms with van der Waals surface area (Å²) in [6, 6.07) is 3.76. The van der Waals surface area contributed by atoms with Gasteiger partial charge in [0.15, 0.2) is 0 Å². The van der Waals surface area contributed by atoms with Crippen molar-refractivity contribution in [3.05, 3.63) is 30.1 Å². The number of nitrogens with zero attached hydrogens (tertiary/aromatic N) is 2. The van der Waals surface area contributed by atoms with Gasteiger partial charge >= 0.3 is 0 Å². The minimum atomic E-state index is 0.590. The SMILES string of the molecule is ISN=C(OSI)c1cccnc1. The van der Waals surface area contributed by atoms with E-state index in [2.05, 4.69) is 51.8 Å². The molecule has 0 bridgehead atoms. The Morgan fingerprint density at radius 2 is 2.38 bits per heavy atom. The first kappa shape index (κ1) is 11.9. The van der Waals surface area contributed by atoms with E-state index in [9.17, 15) is 0 Å². The lowest BCUT2D eigenvalue weighted by Crippen LogP contribution is -2.00. The van der Waals surface area contributed by atoms with Crippen LogP contribution in [0.4, 0.5) is 0 Å². The molecule has 0 atom stereocenters. The highest BCUT2D eigenvalue weighted by Crippen LogP contribution is 2.21. The zero-order valence-corrected chi connectivity index (χ0v) is 12.1. The Hall–Kier alpha value is 0.780. The molecular formula is C6H4I2N2OS2. The van der Waals surface area contributed by atoms with Gasteiger partial charge in [0.1, 0.15) is 9.21 Å². The van der Waals surface area contributed by atoms with Gasteiger partial charge in [-0.15, -0.1) is 0 Å². The minimum absolute atomic E-state index is 0.590. The number of aromatic nitrogens is 1. The van der Waals surface area contributed by atoms with E-state index in [4.69, 9.17) is 4.18 Å². The third-order valence-corrected chi connectivity index (χ3v) is 2.72. The maximum absolute atomic E-state index is 5.26. The normalized spacial score (nSPS) is 11.4. The van der Waals surface area contributed by atoms with Crippen LogP contribution < -0.4 is 0 Å². The van der Waals surface area contributed by atoms with E-state index in [0.29, 0.717) is 5.90 Å². The molecule has 3 nitrogen and oxygen atoms in total. The number of hydrogen-bond donors (Lipinski definition) is 0. The van der Waals surface area contributed by atoms with Crippen molar-refractivity contribution >= 4 is 66.6 Å². The zero-order valence-electron chi connectivity index (χ0n) is 6.18. The Morgan fingerprint density at radius 3 is 2.92 bits per heavy atom. The van der Waals surface area contributed by atoms with Crippen molar-refractivity contribution in [1.29, 1.82) is 0 Å². The van der Waals surface area contributed by atoms with E-state index < -0.39 is 0 Å². The van der Waals surface area contributed by atoms with Gasteiger partial charge < -0.3 is 4.18 Å². The number of halogens is 2.